The number of rotatable bonds is 1. The maximum atomic E-state index is 5.82. The number of nitrogen functional groups attached to an aromatic ring is 2. The van der Waals surface area contributed by atoms with E-state index in [1.54, 1.807) is 12.3 Å². The van der Waals surface area contributed by atoms with Crippen LogP contribution in [0.25, 0.3) is 0 Å². The third-order valence-electron chi connectivity index (χ3n) is 3.62. The number of pyridine rings is 1. The molecule has 3 rings (SSSR count). The lowest BCUT2D eigenvalue weighted by Gasteiger charge is -2.29. The van der Waals surface area contributed by atoms with Gasteiger partial charge in [-0.15, -0.1) is 0 Å². The minimum absolute atomic E-state index is 0.274. The van der Waals surface area contributed by atoms with E-state index in [1.165, 1.54) is 0 Å². The quantitative estimate of drug-likeness (QED) is 0.644. The van der Waals surface area contributed by atoms with Crippen LogP contribution in [0.2, 0.25) is 0 Å². The summed E-state index contributed by atoms with van der Waals surface area (Å²) in [6.07, 6.45) is 1.65. The summed E-state index contributed by atoms with van der Waals surface area (Å²) in [5, 5.41) is 3.32. The molecular weight excluding hydrogens is 290 g/mol. The molecule has 0 aromatic carbocycles. The molecule has 0 bridgehead atoms. The largest absolute Gasteiger partial charge is 0.384 e. The lowest BCUT2D eigenvalue weighted by atomic mass is 10.1. The van der Waals surface area contributed by atoms with Crippen molar-refractivity contribution in [1.82, 2.24) is 20.3 Å². The summed E-state index contributed by atoms with van der Waals surface area (Å²) in [5.74, 6) is 7.81. The van der Waals surface area contributed by atoms with Crippen molar-refractivity contribution in [2.24, 2.45) is 0 Å². The molecule has 0 unspecified atom stereocenters. The van der Waals surface area contributed by atoms with Crippen molar-refractivity contribution in [1.29, 1.82) is 0 Å². The Bertz CT molecular complexity index is 752. The predicted octanol–water partition coefficient (Wildman–Crippen LogP) is 0.154. The van der Waals surface area contributed by atoms with Gasteiger partial charge >= 0.3 is 0 Å². The number of aromatic nitrogens is 3. The Morgan fingerprint density at radius 1 is 1.13 bits per heavy atom. The van der Waals surface area contributed by atoms with Gasteiger partial charge in [0.1, 0.15) is 11.6 Å². The molecule has 23 heavy (non-hydrogen) atoms. The summed E-state index contributed by atoms with van der Waals surface area (Å²) < 4.78 is 0. The molecule has 0 radical (unpaired) electrons. The Balaban J connectivity index is 1.99. The van der Waals surface area contributed by atoms with Crippen molar-refractivity contribution in [2.45, 2.75) is 6.92 Å². The van der Waals surface area contributed by atoms with Crippen molar-refractivity contribution >= 4 is 17.6 Å². The topological polar surface area (TPSA) is 106 Å². The van der Waals surface area contributed by atoms with Crippen molar-refractivity contribution in [2.75, 3.05) is 42.5 Å². The Morgan fingerprint density at radius 2 is 1.91 bits per heavy atom. The zero-order valence-corrected chi connectivity index (χ0v) is 13.0. The molecule has 0 spiro atoms. The summed E-state index contributed by atoms with van der Waals surface area (Å²) in [6.45, 7) is 5.46. The average Bonchev–Trinajstić information content (AvgIpc) is 2.56. The number of nitrogens with one attached hydrogen (secondary N) is 1. The molecule has 1 aliphatic heterocycles. The van der Waals surface area contributed by atoms with Gasteiger partial charge in [0.25, 0.3) is 0 Å². The summed E-state index contributed by atoms with van der Waals surface area (Å²) in [4.78, 5) is 14.9. The summed E-state index contributed by atoms with van der Waals surface area (Å²) in [6, 6.07) is 3.57. The van der Waals surface area contributed by atoms with E-state index in [1.807, 2.05) is 13.0 Å². The molecule has 0 aliphatic carbocycles. The minimum atomic E-state index is 0.274. The van der Waals surface area contributed by atoms with E-state index in [9.17, 15) is 0 Å². The van der Waals surface area contributed by atoms with Crippen LogP contribution in [0.5, 0.6) is 0 Å². The minimum Gasteiger partial charge on any atom is -0.384 e. The van der Waals surface area contributed by atoms with Gasteiger partial charge in [0.2, 0.25) is 5.95 Å². The van der Waals surface area contributed by atoms with E-state index in [0.29, 0.717) is 5.82 Å². The molecule has 0 saturated carbocycles. The summed E-state index contributed by atoms with van der Waals surface area (Å²) in [5.41, 5.74) is 13.8. The number of nitrogens with two attached hydrogens (primary N) is 2. The van der Waals surface area contributed by atoms with E-state index < -0.39 is 0 Å². The number of anilines is 3. The van der Waals surface area contributed by atoms with Crippen molar-refractivity contribution in [3.63, 3.8) is 0 Å². The molecular formula is C16H19N7. The molecule has 7 nitrogen and oxygen atoms in total. The van der Waals surface area contributed by atoms with E-state index in [0.717, 1.165) is 48.8 Å². The normalized spacial score (nSPS) is 14.2. The van der Waals surface area contributed by atoms with Gasteiger partial charge in [-0.1, -0.05) is 11.8 Å². The van der Waals surface area contributed by atoms with Crippen LogP contribution in [0, 0.1) is 18.8 Å². The molecule has 5 N–H and O–H groups in total. The van der Waals surface area contributed by atoms with Crippen LogP contribution < -0.4 is 21.7 Å². The molecule has 1 aliphatic rings. The van der Waals surface area contributed by atoms with Crippen LogP contribution in [0.1, 0.15) is 16.8 Å². The van der Waals surface area contributed by atoms with Gasteiger partial charge in [-0.3, -0.25) is 0 Å². The third-order valence-corrected chi connectivity index (χ3v) is 3.62. The monoisotopic (exact) mass is 309 g/mol. The van der Waals surface area contributed by atoms with Crippen LogP contribution in [0.4, 0.5) is 17.6 Å². The number of aryl methyl sites for hydroxylation is 1. The smallest absolute Gasteiger partial charge is 0.222 e. The van der Waals surface area contributed by atoms with Crippen LogP contribution in [0.15, 0.2) is 18.3 Å². The van der Waals surface area contributed by atoms with Gasteiger partial charge in [-0.2, -0.15) is 4.98 Å². The SMILES string of the molecule is Cc1nc(N)nc(N2CCNCC2)c1C#Cc1ccc(N)nc1. The lowest BCUT2D eigenvalue weighted by Crippen LogP contribution is -2.44. The highest BCUT2D eigenvalue weighted by Crippen LogP contribution is 2.21. The van der Waals surface area contributed by atoms with Gasteiger partial charge in [0, 0.05) is 37.9 Å². The van der Waals surface area contributed by atoms with E-state index in [-0.39, 0.29) is 5.95 Å². The van der Waals surface area contributed by atoms with Gasteiger partial charge < -0.3 is 21.7 Å². The highest BCUT2D eigenvalue weighted by molar-refractivity contribution is 5.61. The molecule has 1 fully saturated rings. The summed E-state index contributed by atoms with van der Waals surface area (Å²) in [7, 11) is 0. The maximum Gasteiger partial charge on any atom is 0.222 e. The van der Waals surface area contributed by atoms with Crippen LogP contribution in [-0.4, -0.2) is 41.1 Å². The molecule has 118 valence electrons. The molecule has 0 atom stereocenters. The van der Waals surface area contributed by atoms with Gasteiger partial charge in [-0.05, 0) is 19.1 Å². The Hall–Kier alpha value is -2.85. The first kappa shape index (κ1) is 15.1. The van der Waals surface area contributed by atoms with Crippen molar-refractivity contribution in [3.05, 3.63) is 35.2 Å². The molecule has 2 aromatic rings. The maximum absolute atomic E-state index is 5.82. The standard InChI is InChI=1S/C16H19N7/c1-11-13(4-2-12-3-5-14(17)20-10-12)15(22-16(18)21-11)23-8-6-19-7-9-23/h3,5,10,19H,6-9H2,1H3,(H2,17,20)(H2,18,21,22). The predicted molar refractivity (Wildman–Crippen MR) is 90.9 cm³/mol. The third kappa shape index (κ3) is 3.49. The molecule has 3 heterocycles. The van der Waals surface area contributed by atoms with Crippen molar-refractivity contribution in [3.8, 4) is 11.8 Å². The second-order valence-corrected chi connectivity index (χ2v) is 5.32. The first-order valence-electron chi connectivity index (χ1n) is 7.47. The molecule has 7 heteroatoms. The number of nitrogens with zero attached hydrogens (tertiary/aromatic N) is 4. The lowest BCUT2D eigenvalue weighted by molar-refractivity contribution is 0.584. The molecule has 2 aromatic heterocycles. The number of hydrogen-bond donors (Lipinski definition) is 3. The van der Waals surface area contributed by atoms with E-state index in [4.69, 9.17) is 11.5 Å². The Labute approximate surface area is 135 Å². The summed E-state index contributed by atoms with van der Waals surface area (Å²) >= 11 is 0. The van der Waals surface area contributed by atoms with Crippen LogP contribution in [0.3, 0.4) is 0 Å². The van der Waals surface area contributed by atoms with Crippen molar-refractivity contribution < 1.29 is 0 Å². The first-order valence-corrected chi connectivity index (χ1v) is 7.47. The van der Waals surface area contributed by atoms with Gasteiger partial charge in [0.05, 0.1) is 11.3 Å². The highest BCUT2D eigenvalue weighted by Gasteiger charge is 2.17. The Morgan fingerprint density at radius 3 is 2.61 bits per heavy atom. The Kier molecular flexibility index (Phi) is 4.26. The fourth-order valence-electron chi connectivity index (χ4n) is 2.44. The van der Waals surface area contributed by atoms with Crippen LogP contribution in [-0.2, 0) is 0 Å². The molecule has 0 amide bonds. The fraction of sp³-hybridized carbons (Fsp3) is 0.312. The zero-order valence-electron chi connectivity index (χ0n) is 13.0. The van der Waals surface area contributed by atoms with Gasteiger partial charge in [0.15, 0.2) is 0 Å². The number of hydrogen-bond acceptors (Lipinski definition) is 7. The van der Waals surface area contributed by atoms with Gasteiger partial charge in [-0.25, -0.2) is 9.97 Å². The van der Waals surface area contributed by atoms with Crippen LogP contribution >= 0.6 is 0 Å². The van der Waals surface area contributed by atoms with E-state index >= 15 is 0 Å². The highest BCUT2D eigenvalue weighted by atomic mass is 15.2. The second-order valence-electron chi connectivity index (χ2n) is 5.32. The second kappa shape index (κ2) is 6.50. The average molecular weight is 309 g/mol. The number of piperazine rings is 1. The zero-order chi connectivity index (χ0) is 16.2. The molecule has 1 saturated heterocycles. The van der Waals surface area contributed by atoms with E-state index in [2.05, 4.69) is 37.0 Å². The fourth-order valence-corrected chi connectivity index (χ4v) is 2.44. The first-order chi connectivity index (χ1) is 11.1.